The average molecular weight is 371 g/mol. The lowest BCUT2D eigenvalue weighted by molar-refractivity contribution is -0.121. The summed E-state index contributed by atoms with van der Waals surface area (Å²) >= 11 is 0. The van der Waals surface area contributed by atoms with Gasteiger partial charge in [-0.15, -0.1) is 0 Å². The maximum Gasteiger partial charge on any atom is 0.286 e. The van der Waals surface area contributed by atoms with Gasteiger partial charge in [0.1, 0.15) is 0 Å². The Morgan fingerprint density at radius 2 is 1.78 bits per heavy atom. The number of ether oxygens (including phenoxy) is 1. The normalized spacial score (nSPS) is 14.7. The molecule has 1 fully saturated rings. The smallest absolute Gasteiger partial charge is 0.286 e. The van der Waals surface area contributed by atoms with Crippen molar-refractivity contribution in [1.82, 2.24) is 15.5 Å². The van der Waals surface area contributed by atoms with Gasteiger partial charge in [0.05, 0.1) is 19.5 Å². The van der Waals surface area contributed by atoms with Gasteiger partial charge in [-0.2, -0.15) is 0 Å². The first-order valence-corrected chi connectivity index (χ1v) is 9.17. The quantitative estimate of drug-likeness (QED) is 0.736. The minimum Gasteiger partial charge on any atom is -0.459 e. The molecule has 144 valence electrons. The van der Waals surface area contributed by atoms with Gasteiger partial charge in [0.15, 0.2) is 5.76 Å². The Labute approximate surface area is 158 Å². The summed E-state index contributed by atoms with van der Waals surface area (Å²) in [6.07, 6.45) is 1.66. The number of hydrogen-bond acceptors (Lipinski definition) is 5. The molecule has 0 atom stereocenters. The van der Waals surface area contributed by atoms with E-state index < -0.39 is 0 Å². The van der Waals surface area contributed by atoms with Crippen LogP contribution in [0.4, 0.5) is 0 Å². The summed E-state index contributed by atoms with van der Waals surface area (Å²) < 4.78 is 10.4. The number of hydrogen-bond donors (Lipinski definition) is 2. The molecule has 0 radical (unpaired) electrons. The molecule has 0 unspecified atom stereocenters. The van der Waals surface area contributed by atoms with Crippen molar-refractivity contribution in [2.75, 3.05) is 32.8 Å². The number of morpholine rings is 1. The van der Waals surface area contributed by atoms with Gasteiger partial charge in [-0.3, -0.25) is 14.5 Å². The lowest BCUT2D eigenvalue weighted by Crippen LogP contribution is -2.36. The Morgan fingerprint density at radius 3 is 2.52 bits per heavy atom. The fraction of sp³-hybridized carbons (Fsp3) is 0.400. The zero-order valence-electron chi connectivity index (χ0n) is 15.3. The second-order valence-electron chi connectivity index (χ2n) is 6.42. The third kappa shape index (κ3) is 5.94. The molecular formula is C20H25N3O4. The van der Waals surface area contributed by atoms with Crippen LogP contribution in [0.5, 0.6) is 0 Å². The van der Waals surface area contributed by atoms with E-state index in [0.29, 0.717) is 6.54 Å². The summed E-state index contributed by atoms with van der Waals surface area (Å²) in [5.74, 6) is -0.174. The van der Waals surface area contributed by atoms with Crippen molar-refractivity contribution in [2.24, 2.45) is 0 Å². The number of amides is 2. The fourth-order valence-corrected chi connectivity index (χ4v) is 2.95. The summed E-state index contributed by atoms with van der Waals surface area (Å²) in [7, 11) is 0. The Morgan fingerprint density at radius 1 is 1.00 bits per heavy atom. The van der Waals surface area contributed by atoms with E-state index in [4.69, 9.17) is 9.15 Å². The Balaban J connectivity index is 1.42. The SMILES string of the molecule is O=C(CCNC(=O)c1ccco1)NCc1ccccc1CN1CCOCC1. The van der Waals surface area contributed by atoms with Crippen LogP contribution in [0.2, 0.25) is 0 Å². The fourth-order valence-electron chi connectivity index (χ4n) is 2.95. The largest absolute Gasteiger partial charge is 0.459 e. The number of nitrogens with one attached hydrogen (secondary N) is 2. The first-order valence-electron chi connectivity index (χ1n) is 9.17. The highest BCUT2D eigenvalue weighted by atomic mass is 16.5. The first kappa shape index (κ1) is 19.1. The van der Waals surface area contributed by atoms with Crippen LogP contribution in [-0.2, 0) is 22.6 Å². The van der Waals surface area contributed by atoms with E-state index in [0.717, 1.165) is 38.4 Å². The first-order chi connectivity index (χ1) is 13.2. The molecule has 27 heavy (non-hydrogen) atoms. The molecule has 1 aliphatic heterocycles. The van der Waals surface area contributed by atoms with Gasteiger partial charge in [0, 0.05) is 39.1 Å². The topological polar surface area (TPSA) is 83.8 Å². The lowest BCUT2D eigenvalue weighted by atomic mass is 10.1. The summed E-state index contributed by atoms with van der Waals surface area (Å²) in [4.78, 5) is 26.2. The third-order valence-electron chi connectivity index (χ3n) is 4.47. The minimum atomic E-state index is -0.316. The predicted molar refractivity (Wildman–Crippen MR) is 100 cm³/mol. The molecule has 2 heterocycles. The summed E-state index contributed by atoms with van der Waals surface area (Å²) in [6.45, 7) is 4.98. The van der Waals surface area contributed by atoms with Crippen LogP contribution < -0.4 is 10.6 Å². The Bertz CT molecular complexity index is 739. The van der Waals surface area contributed by atoms with E-state index >= 15 is 0 Å². The van der Waals surface area contributed by atoms with Crippen molar-refractivity contribution in [1.29, 1.82) is 0 Å². The van der Waals surface area contributed by atoms with Crippen molar-refractivity contribution in [3.63, 3.8) is 0 Å². The molecule has 2 aromatic rings. The summed E-state index contributed by atoms with van der Waals surface area (Å²) in [5, 5.41) is 5.60. The molecule has 1 aromatic heterocycles. The van der Waals surface area contributed by atoms with E-state index in [-0.39, 0.29) is 30.5 Å². The van der Waals surface area contributed by atoms with E-state index in [1.54, 1.807) is 12.1 Å². The van der Waals surface area contributed by atoms with Crippen LogP contribution >= 0.6 is 0 Å². The van der Waals surface area contributed by atoms with Crippen LogP contribution in [0, 0.1) is 0 Å². The second-order valence-corrected chi connectivity index (χ2v) is 6.42. The van der Waals surface area contributed by atoms with E-state index in [1.807, 2.05) is 18.2 Å². The number of rotatable bonds is 8. The molecule has 2 N–H and O–H groups in total. The lowest BCUT2D eigenvalue weighted by Gasteiger charge is -2.27. The summed E-state index contributed by atoms with van der Waals surface area (Å²) in [6, 6.07) is 11.4. The van der Waals surface area contributed by atoms with Crippen LogP contribution in [0.3, 0.4) is 0 Å². The maximum absolute atomic E-state index is 12.1. The molecule has 0 spiro atoms. The molecule has 1 aromatic carbocycles. The van der Waals surface area contributed by atoms with Crippen LogP contribution in [0.25, 0.3) is 0 Å². The van der Waals surface area contributed by atoms with Gasteiger partial charge < -0.3 is 19.8 Å². The number of benzene rings is 1. The van der Waals surface area contributed by atoms with Crippen LogP contribution in [0.15, 0.2) is 47.1 Å². The number of carbonyl (C=O) groups is 2. The molecule has 7 heteroatoms. The number of carbonyl (C=O) groups excluding carboxylic acids is 2. The highest BCUT2D eigenvalue weighted by Crippen LogP contribution is 2.13. The van der Waals surface area contributed by atoms with Crippen molar-refractivity contribution in [3.8, 4) is 0 Å². The Kier molecular flexibility index (Phi) is 7.01. The van der Waals surface area contributed by atoms with Crippen molar-refractivity contribution in [2.45, 2.75) is 19.5 Å². The zero-order chi connectivity index (χ0) is 18.9. The van der Waals surface area contributed by atoms with Gasteiger partial charge in [0.25, 0.3) is 5.91 Å². The maximum atomic E-state index is 12.1. The average Bonchev–Trinajstić information content (AvgIpc) is 3.23. The zero-order valence-corrected chi connectivity index (χ0v) is 15.3. The number of nitrogens with zero attached hydrogens (tertiary/aromatic N) is 1. The number of furan rings is 1. The molecule has 3 rings (SSSR count). The molecule has 2 amide bonds. The predicted octanol–water partition coefficient (Wildman–Crippen LogP) is 1.55. The van der Waals surface area contributed by atoms with Gasteiger partial charge in [-0.05, 0) is 23.3 Å². The standard InChI is InChI=1S/C20H25N3O4/c24-19(7-8-21-20(25)18-6-3-11-27-18)22-14-16-4-1-2-5-17(16)15-23-9-12-26-13-10-23/h1-6,11H,7-10,12-15H2,(H,21,25)(H,22,24). The van der Waals surface area contributed by atoms with Gasteiger partial charge in [-0.1, -0.05) is 24.3 Å². The minimum absolute atomic E-state index is 0.101. The molecule has 0 bridgehead atoms. The molecule has 0 saturated carbocycles. The van der Waals surface area contributed by atoms with Crippen molar-refractivity contribution in [3.05, 3.63) is 59.5 Å². The van der Waals surface area contributed by atoms with Gasteiger partial charge in [0.2, 0.25) is 5.91 Å². The van der Waals surface area contributed by atoms with Gasteiger partial charge in [-0.25, -0.2) is 0 Å². The highest BCUT2D eigenvalue weighted by molar-refractivity contribution is 5.91. The highest BCUT2D eigenvalue weighted by Gasteiger charge is 2.13. The van der Waals surface area contributed by atoms with Crippen LogP contribution in [-0.4, -0.2) is 49.6 Å². The van der Waals surface area contributed by atoms with E-state index in [9.17, 15) is 9.59 Å². The molecular weight excluding hydrogens is 346 g/mol. The second kappa shape index (κ2) is 9.89. The third-order valence-corrected chi connectivity index (χ3v) is 4.47. The van der Waals surface area contributed by atoms with E-state index in [1.165, 1.54) is 11.8 Å². The van der Waals surface area contributed by atoms with Crippen molar-refractivity contribution >= 4 is 11.8 Å². The van der Waals surface area contributed by atoms with E-state index in [2.05, 4.69) is 21.6 Å². The molecule has 1 aliphatic rings. The summed E-state index contributed by atoms with van der Waals surface area (Å²) in [5.41, 5.74) is 2.32. The Hall–Kier alpha value is -2.64. The van der Waals surface area contributed by atoms with Gasteiger partial charge >= 0.3 is 0 Å². The molecule has 0 aliphatic carbocycles. The molecule has 1 saturated heterocycles. The van der Waals surface area contributed by atoms with Crippen molar-refractivity contribution < 1.29 is 18.7 Å². The molecule has 7 nitrogen and oxygen atoms in total. The monoisotopic (exact) mass is 371 g/mol. The van der Waals surface area contributed by atoms with Crippen LogP contribution in [0.1, 0.15) is 28.1 Å².